The molecule has 6 heteroatoms. The summed E-state index contributed by atoms with van der Waals surface area (Å²) in [5.74, 6) is -0.343. The monoisotopic (exact) mass is 394 g/mol. The molecule has 2 amide bonds. The fourth-order valence-corrected chi connectivity index (χ4v) is 4.73. The van der Waals surface area contributed by atoms with Gasteiger partial charge in [0.15, 0.2) is 4.32 Å². The zero-order valence-corrected chi connectivity index (χ0v) is 16.5. The Morgan fingerprint density at radius 2 is 1.67 bits per heavy atom. The number of para-hydroxylation sites is 2. The quantitative estimate of drug-likeness (QED) is 0.561. The van der Waals surface area contributed by atoms with Crippen LogP contribution in [0.15, 0.2) is 59.5 Å². The van der Waals surface area contributed by atoms with Gasteiger partial charge in [0, 0.05) is 12.1 Å². The largest absolute Gasteiger partial charge is 0.308 e. The van der Waals surface area contributed by atoms with E-state index in [0.29, 0.717) is 21.3 Å². The zero-order chi connectivity index (χ0) is 19.0. The molecule has 0 atom stereocenters. The lowest BCUT2D eigenvalue weighted by Gasteiger charge is -2.16. The number of unbranched alkanes of at least 4 members (excludes halogenated alkanes) is 1. The van der Waals surface area contributed by atoms with Crippen molar-refractivity contribution in [1.82, 2.24) is 0 Å². The highest BCUT2D eigenvalue weighted by molar-refractivity contribution is 8.27. The zero-order valence-electron chi connectivity index (χ0n) is 14.8. The van der Waals surface area contributed by atoms with Crippen molar-refractivity contribution in [1.29, 1.82) is 0 Å². The molecule has 0 saturated carbocycles. The lowest BCUT2D eigenvalue weighted by atomic mass is 10.1. The standard InChI is InChI=1S/C21H18N2O2S2/c1-2-3-13-22-16-12-8-7-11-15(16)17(19(22)24)18-20(25)23(21(26)27-18)14-9-5-4-6-10-14/h4-12H,2-3,13H2,1H3/b18-17+. The van der Waals surface area contributed by atoms with Crippen molar-refractivity contribution in [2.24, 2.45) is 0 Å². The molecule has 0 aromatic heterocycles. The first-order valence-corrected chi connectivity index (χ1v) is 10.1. The van der Waals surface area contributed by atoms with Crippen LogP contribution in [0, 0.1) is 0 Å². The van der Waals surface area contributed by atoms with Gasteiger partial charge < -0.3 is 4.90 Å². The van der Waals surface area contributed by atoms with Crippen LogP contribution in [0.1, 0.15) is 25.3 Å². The minimum absolute atomic E-state index is 0.113. The van der Waals surface area contributed by atoms with Crippen LogP contribution in [0.4, 0.5) is 11.4 Å². The molecular weight excluding hydrogens is 376 g/mol. The Morgan fingerprint density at radius 3 is 2.41 bits per heavy atom. The molecule has 0 spiro atoms. The number of carbonyl (C=O) groups excluding carboxylic acids is 2. The van der Waals surface area contributed by atoms with Crippen LogP contribution in [0.2, 0.25) is 0 Å². The van der Waals surface area contributed by atoms with Crippen molar-refractivity contribution in [3.8, 4) is 0 Å². The second kappa shape index (κ2) is 7.29. The molecule has 1 saturated heterocycles. The van der Waals surface area contributed by atoms with E-state index in [1.165, 1.54) is 16.7 Å². The first-order valence-electron chi connectivity index (χ1n) is 8.90. The van der Waals surface area contributed by atoms with E-state index in [-0.39, 0.29) is 11.8 Å². The highest BCUT2D eigenvalue weighted by Gasteiger charge is 2.42. The molecule has 4 nitrogen and oxygen atoms in total. The Morgan fingerprint density at radius 1 is 0.963 bits per heavy atom. The lowest BCUT2D eigenvalue weighted by Crippen LogP contribution is -2.29. The maximum Gasteiger partial charge on any atom is 0.271 e. The van der Waals surface area contributed by atoms with Gasteiger partial charge in [-0.05, 0) is 24.6 Å². The van der Waals surface area contributed by atoms with Gasteiger partial charge in [0.1, 0.15) is 0 Å². The van der Waals surface area contributed by atoms with Gasteiger partial charge in [0.25, 0.3) is 11.8 Å². The number of hydrogen-bond donors (Lipinski definition) is 0. The number of rotatable bonds is 4. The van der Waals surface area contributed by atoms with Crippen LogP contribution >= 0.6 is 24.0 Å². The molecule has 1 fully saturated rings. The molecule has 2 aliphatic rings. The third-order valence-electron chi connectivity index (χ3n) is 4.67. The van der Waals surface area contributed by atoms with E-state index in [4.69, 9.17) is 12.2 Å². The summed E-state index contributed by atoms with van der Waals surface area (Å²) in [4.78, 5) is 30.1. The van der Waals surface area contributed by atoms with E-state index < -0.39 is 0 Å². The predicted molar refractivity (Wildman–Crippen MR) is 115 cm³/mol. The van der Waals surface area contributed by atoms with Crippen molar-refractivity contribution >= 4 is 57.1 Å². The Bertz CT molecular complexity index is 969. The van der Waals surface area contributed by atoms with E-state index in [1.807, 2.05) is 54.6 Å². The number of thioether (sulfide) groups is 1. The van der Waals surface area contributed by atoms with E-state index in [2.05, 4.69) is 6.92 Å². The summed E-state index contributed by atoms with van der Waals surface area (Å²) in [7, 11) is 0. The van der Waals surface area contributed by atoms with Crippen LogP contribution in [-0.4, -0.2) is 22.7 Å². The Labute approximate surface area is 167 Å². The number of fused-ring (bicyclic) bond motifs is 1. The molecule has 2 aliphatic heterocycles. The van der Waals surface area contributed by atoms with Crippen molar-refractivity contribution in [3.05, 3.63) is 65.1 Å². The van der Waals surface area contributed by atoms with Crippen LogP contribution in [0.25, 0.3) is 5.57 Å². The Balaban J connectivity index is 1.80. The minimum Gasteiger partial charge on any atom is -0.308 e. The summed E-state index contributed by atoms with van der Waals surface area (Å²) < 4.78 is 0.450. The van der Waals surface area contributed by atoms with Crippen LogP contribution in [0.3, 0.4) is 0 Å². The SMILES string of the molecule is CCCCN1C(=O)/C(=C2/SC(=S)N(c3ccccc3)C2=O)c2ccccc21. The summed E-state index contributed by atoms with van der Waals surface area (Å²) in [6, 6.07) is 17.0. The number of amides is 2. The number of benzene rings is 2. The smallest absolute Gasteiger partial charge is 0.271 e. The average Bonchev–Trinajstić information content (AvgIpc) is 3.13. The van der Waals surface area contributed by atoms with Crippen molar-refractivity contribution in [3.63, 3.8) is 0 Å². The highest BCUT2D eigenvalue weighted by Crippen LogP contribution is 2.45. The summed E-state index contributed by atoms with van der Waals surface area (Å²) in [5.41, 5.74) is 2.87. The topological polar surface area (TPSA) is 40.6 Å². The summed E-state index contributed by atoms with van der Waals surface area (Å²) >= 11 is 6.66. The van der Waals surface area contributed by atoms with Crippen LogP contribution < -0.4 is 9.80 Å². The van der Waals surface area contributed by atoms with Gasteiger partial charge >= 0.3 is 0 Å². The van der Waals surface area contributed by atoms with Crippen LogP contribution in [-0.2, 0) is 9.59 Å². The van der Waals surface area contributed by atoms with Crippen molar-refractivity contribution in [2.75, 3.05) is 16.3 Å². The Kier molecular flexibility index (Phi) is 4.85. The maximum absolute atomic E-state index is 13.2. The molecule has 27 heavy (non-hydrogen) atoms. The van der Waals surface area contributed by atoms with Crippen molar-refractivity contribution in [2.45, 2.75) is 19.8 Å². The first-order chi connectivity index (χ1) is 13.1. The van der Waals surface area contributed by atoms with E-state index in [9.17, 15) is 9.59 Å². The van der Waals surface area contributed by atoms with Gasteiger partial charge in [-0.25, -0.2) is 0 Å². The van der Waals surface area contributed by atoms with Gasteiger partial charge in [0.05, 0.1) is 21.9 Å². The summed E-state index contributed by atoms with van der Waals surface area (Å²) in [6.45, 7) is 2.74. The fourth-order valence-electron chi connectivity index (χ4n) is 3.36. The fraction of sp³-hybridized carbons (Fsp3) is 0.190. The summed E-state index contributed by atoms with van der Waals surface area (Å²) in [6.07, 6.45) is 1.91. The van der Waals surface area contributed by atoms with Gasteiger partial charge in [-0.3, -0.25) is 14.5 Å². The molecule has 0 aliphatic carbocycles. The van der Waals surface area contributed by atoms with Gasteiger partial charge in [-0.2, -0.15) is 0 Å². The molecule has 2 aromatic carbocycles. The highest BCUT2D eigenvalue weighted by atomic mass is 32.2. The number of thiocarbonyl (C=S) groups is 1. The van der Waals surface area contributed by atoms with Crippen LogP contribution in [0.5, 0.6) is 0 Å². The number of carbonyl (C=O) groups is 2. The van der Waals surface area contributed by atoms with E-state index in [1.54, 1.807) is 4.90 Å². The molecule has 4 rings (SSSR count). The molecule has 0 radical (unpaired) electrons. The van der Waals surface area contributed by atoms with Gasteiger partial charge in [-0.1, -0.05) is 73.7 Å². The lowest BCUT2D eigenvalue weighted by molar-refractivity contribution is -0.115. The molecule has 0 unspecified atom stereocenters. The van der Waals surface area contributed by atoms with Gasteiger partial charge in [0.2, 0.25) is 0 Å². The Hall–Kier alpha value is -2.44. The normalized spacial score (nSPS) is 19.2. The maximum atomic E-state index is 13.2. The molecule has 136 valence electrons. The molecule has 2 aromatic rings. The van der Waals surface area contributed by atoms with E-state index >= 15 is 0 Å². The van der Waals surface area contributed by atoms with Gasteiger partial charge in [-0.15, -0.1) is 0 Å². The average molecular weight is 395 g/mol. The second-order valence-corrected chi connectivity index (χ2v) is 8.02. The molecule has 0 N–H and O–H groups in total. The van der Waals surface area contributed by atoms with E-state index in [0.717, 1.165) is 29.8 Å². The number of hydrogen-bond acceptors (Lipinski definition) is 4. The summed E-state index contributed by atoms with van der Waals surface area (Å²) in [5, 5.41) is 0. The first kappa shape index (κ1) is 17.9. The third-order valence-corrected chi connectivity index (χ3v) is 6.04. The molecule has 0 bridgehead atoms. The minimum atomic E-state index is -0.230. The second-order valence-electron chi connectivity index (χ2n) is 6.38. The van der Waals surface area contributed by atoms with Crippen molar-refractivity contribution < 1.29 is 9.59 Å². The number of nitrogens with zero attached hydrogens (tertiary/aromatic N) is 2. The molecule has 2 heterocycles. The number of anilines is 2. The third kappa shape index (κ3) is 2.99. The molecular formula is C21H18N2O2S2. The predicted octanol–water partition coefficient (Wildman–Crippen LogP) is 4.61.